The molecule has 1 atom stereocenters. The van der Waals surface area contributed by atoms with E-state index in [1.54, 1.807) is 24.3 Å². The second-order valence-electron chi connectivity index (χ2n) is 8.46. The molecule has 0 heterocycles. The summed E-state index contributed by atoms with van der Waals surface area (Å²) in [6, 6.07) is 24.3. The topological polar surface area (TPSA) is 58.2 Å². The molecule has 4 nitrogen and oxygen atoms in total. The van der Waals surface area contributed by atoms with Crippen molar-refractivity contribution in [3.63, 3.8) is 0 Å². The van der Waals surface area contributed by atoms with Crippen molar-refractivity contribution in [2.45, 2.75) is 39.2 Å². The first-order valence-corrected chi connectivity index (χ1v) is 10.1. The van der Waals surface area contributed by atoms with Gasteiger partial charge in [0, 0.05) is 16.8 Å². The van der Waals surface area contributed by atoms with Gasteiger partial charge in [0.15, 0.2) is 0 Å². The van der Waals surface area contributed by atoms with Crippen molar-refractivity contribution < 1.29 is 9.59 Å². The SMILES string of the molecule is CC(NC(=O)c1ccc(NC(=O)c2ccc(C(C)(C)C)cc2)cc1)c1ccccc1. The molecule has 4 heteroatoms. The van der Waals surface area contributed by atoms with Gasteiger partial charge in [-0.25, -0.2) is 0 Å². The summed E-state index contributed by atoms with van der Waals surface area (Å²) in [6.07, 6.45) is 0. The first kappa shape index (κ1) is 21.3. The standard InChI is InChI=1S/C26H28N2O2/c1-18(19-8-6-5-7-9-19)27-24(29)21-12-16-23(17-13-21)28-25(30)20-10-14-22(15-11-20)26(2,3)4/h5-18H,1-4H3,(H,27,29)(H,28,30). The van der Waals surface area contributed by atoms with Crippen LogP contribution < -0.4 is 10.6 Å². The van der Waals surface area contributed by atoms with Crippen LogP contribution in [0.5, 0.6) is 0 Å². The Kier molecular flexibility index (Phi) is 6.36. The zero-order chi connectivity index (χ0) is 21.7. The number of carbonyl (C=O) groups excluding carboxylic acids is 2. The highest BCUT2D eigenvalue weighted by Crippen LogP contribution is 2.22. The van der Waals surface area contributed by atoms with Gasteiger partial charge in [-0.3, -0.25) is 9.59 Å². The monoisotopic (exact) mass is 400 g/mol. The van der Waals surface area contributed by atoms with E-state index in [4.69, 9.17) is 0 Å². The van der Waals surface area contributed by atoms with Gasteiger partial charge in [0.1, 0.15) is 0 Å². The Morgan fingerprint density at radius 2 is 1.27 bits per heavy atom. The summed E-state index contributed by atoms with van der Waals surface area (Å²) in [5.74, 6) is -0.327. The van der Waals surface area contributed by atoms with Crippen molar-refractivity contribution in [3.8, 4) is 0 Å². The van der Waals surface area contributed by atoms with Crippen LogP contribution >= 0.6 is 0 Å². The molecule has 0 aliphatic rings. The van der Waals surface area contributed by atoms with Crippen LogP contribution in [-0.2, 0) is 5.41 Å². The predicted octanol–water partition coefficient (Wildman–Crippen LogP) is 5.73. The zero-order valence-electron chi connectivity index (χ0n) is 17.9. The third kappa shape index (κ3) is 5.35. The van der Waals surface area contributed by atoms with Gasteiger partial charge in [-0.1, -0.05) is 63.2 Å². The minimum absolute atomic E-state index is 0.0451. The Morgan fingerprint density at radius 1 is 0.733 bits per heavy atom. The highest BCUT2D eigenvalue weighted by atomic mass is 16.2. The Labute approximate surface area is 178 Å². The third-order valence-electron chi connectivity index (χ3n) is 5.07. The lowest BCUT2D eigenvalue weighted by molar-refractivity contribution is 0.0939. The van der Waals surface area contributed by atoms with Crippen molar-refractivity contribution in [1.82, 2.24) is 5.32 Å². The average Bonchev–Trinajstić information content (AvgIpc) is 2.74. The summed E-state index contributed by atoms with van der Waals surface area (Å²) in [6.45, 7) is 8.37. The minimum Gasteiger partial charge on any atom is -0.346 e. The molecule has 3 aromatic rings. The molecule has 3 rings (SSSR count). The number of rotatable bonds is 5. The molecule has 0 saturated heterocycles. The number of nitrogens with one attached hydrogen (secondary N) is 2. The molecule has 2 amide bonds. The fourth-order valence-corrected chi connectivity index (χ4v) is 3.13. The van der Waals surface area contributed by atoms with Gasteiger partial charge >= 0.3 is 0 Å². The predicted molar refractivity (Wildman–Crippen MR) is 122 cm³/mol. The summed E-state index contributed by atoms with van der Waals surface area (Å²) in [5, 5.41) is 5.87. The molecule has 0 fully saturated rings. The lowest BCUT2D eigenvalue weighted by atomic mass is 9.87. The van der Waals surface area contributed by atoms with Crippen LogP contribution in [0.1, 0.15) is 65.6 Å². The van der Waals surface area contributed by atoms with Crippen molar-refractivity contribution >= 4 is 17.5 Å². The Hall–Kier alpha value is -3.40. The first-order valence-electron chi connectivity index (χ1n) is 10.1. The number of hydrogen-bond donors (Lipinski definition) is 2. The summed E-state index contributed by atoms with van der Waals surface area (Å²) in [4.78, 5) is 25.0. The Morgan fingerprint density at radius 3 is 1.83 bits per heavy atom. The lowest BCUT2D eigenvalue weighted by Crippen LogP contribution is -2.26. The van der Waals surface area contributed by atoms with Gasteiger partial charge in [0.2, 0.25) is 0 Å². The number of carbonyl (C=O) groups is 2. The largest absolute Gasteiger partial charge is 0.346 e. The minimum atomic E-state index is -0.176. The van der Waals surface area contributed by atoms with Gasteiger partial charge < -0.3 is 10.6 Å². The van der Waals surface area contributed by atoms with E-state index in [1.807, 2.05) is 61.5 Å². The molecule has 2 N–H and O–H groups in total. The van der Waals surface area contributed by atoms with E-state index < -0.39 is 0 Å². The molecule has 0 bridgehead atoms. The molecular weight excluding hydrogens is 372 g/mol. The van der Waals surface area contributed by atoms with Crippen molar-refractivity contribution in [2.75, 3.05) is 5.32 Å². The molecular formula is C26H28N2O2. The molecule has 0 aliphatic carbocycles. The van der Waals surface area contributed by atoms with Gasteiger partial charge in [0.25, 0.3) is 11.8 Å². The summed E-state index contributed by atoms with van der Waals surface area (Å²) in [5.41, 5.74) is 4.06. The van der Waals surface area contributed by atoms with Crippen LogP contribution in [0.4, 0.5) is 5.69 Å². The highest BCUT2D eigenvalue weighted by molar-refractivity contribution is 6.04. The molecule has 0 saturated carbocycles. The van der Waals surface area contributed by atoms with Crippen LogP contribution in [0.15, 0.2) is 78.9 Å². The van der Waals surface area contributed by atoms with E-state index >= 15 is 0 Å². The fraction of sp³-hybridized carbons (Fsp3) is 0.231. The van der Waals surface area contributed by atoms with Crippen molar-refractivity contribution in [1.29, 1.82) is 0 Å². The molecule has 0 aliphatic heterocycles. The van der Waals surface area contributed by atoms with E-state index in [1.165, 1.54) is 5.56 Å². The van der Waals surface area contributed by atoms with Crippen LogP contribution in [0.25, 0.3) is 0 Å². The fourth-order valence-electron chi connectivity index (χ4n) is 3.13. The summed E-state index contributed by atoms with van der Waals surface area (Å²) >= 11 is 0. The van der Waals surface area contributed by atoms with Gasteiger partial charge in [-0.15, -0.1) is 0 Å². The van der Waals surface area contributed by atoms with Crippen LogP contribution in [0, 0.1) is 0 Å². The lowest BCUT2D eigenvalue weighted by Gasteiger charge is -2.19. The van der Waals surface area contributed by atoms with Crippen LogP contribution in [0.2, 0.25) is 0 Å². The summed E-state index contributed by atoms with van der Waals surface area (Å²) in [7, 11) is 0. The maximum absolute atomic E-state index is 12.5. The maximum Gasteiger partial charge on any atom is 0.255 e. The van der Waals surface area contributed by atoms with E-state index in [0.717, 1.165) is 5.56 Å². The normalized spacial score (nSPS) is 12.1. The number of hydrogen-bond acceptors (Lipinski definition) is 2. The second-order valence-corrected chi connectivity index (χ2v) is 8.46. The highest BCUT2D eigenvalue weighted by Gasteiger charge is 2.15. The molecule has 154 valence electrons. The zero-order valence-corrected chi connectivity index (χ0v) is 17.9. The first-order chi connectivity index (χ1) is 14.2. The van der Waals surface area contributed by atoms with Crippen LogP contribution in [-0.4, -0.2) is 11.8 Å². The summed E-state index contributed by atoms with van der Waals surface area (Å²) < 4.78 is 0. The molecule has 0 spiro atoms. The van der Waals surface area contributed by atoms with Gasteiger partial charge in [-0.2, -0.15) is 0 Å². The molecule has 30 heavy (non-hydrogen) atoms. The van der Waals surface area contributed by atoms with E-state index in [0.29, 0.717) is 16.8 Å². The number of benzene rings is 3. The maximum atomic E-state index is 12.5. The van der Waals surface area contributed by atoms with E-state index in [2.05, 4.69) is 31.4 Å². The number of anilines is 1. The quantitative estimate of drug-likeness (QED) is 0.575. The second kappa shape index (κ2) is 8.95. The van der Waals surface area contributed by atoms with Crippen LogP contribution in [0.3, 0.4) is 0 Å². The molecule has 0 aromatic heterocycles. The molecule has 0 radical (unpaired) electrons. The van der Waals surface area contributed by atoms with E-state index in [9.17, 15) is 9.59 Å². The third-order valence-corrected chi connectivity index (χ3v) is 5.07. The van der Waals surface area contributed by atoms with Crippen molar-refractivity contribution in [3.05, 3.63) is 101 Å². The number of amides is 2. The Bertz CT molecular complexity index is 1000. The molecule has 3 aromatic carbocycles. The van der Waals surface area contributed by atoms with Gasteiger partial charge in [0.05, 0.1) is 6.04 Å². The molecule has 1 unspecified atom stereocenters. The van der Waals surface area contributed by atoms with E-state index in [-0.39, 0.29) is 23.3 Å². The smallest absolute Gasteiger partial charge is 0.255 e. The average molecular weight is 401 g/mol. The Balaban J connectivity index is 1.61. The van der Waals surface area contributed by atoms with Gasteiger partial charge in [-0.05, 0) is 59.9 Å². The van der Waals surface area contributed by atoms with Crippen molar-refractivity contribution in [2.24, 2.45) is 0 Å².